The van der Waals surface area contributed by atoms with E-state index >= 15 is 0 Å². The molecule has 2 N–H and O–H groups in total. The first-order valence-corrected chi connectivity index (χ1v) is 13.2. The number of carbonyl (C=O) groups is 2. The van der Waals surface area contributed by atoms with Crippen molar-refractivity contribution >= 4 is 46.4 Å². The van der Waals surface area contributed by atoms with E-state index in [9.17, 15) is 9.59 Å². The van der Waals surface area contributed by atoms with Gasteiger partial charge in [0.15, 0.2) is 0 Å². The van der Waals surface area contributed by atoms with Gasteiger partial charge in [-0.1, -0.05) is 29.8 Å². The average molecular weight is 539 g/mol. The minimum Gasteiger partial charge on any atom is -0.368 e. The highest BCUT2D eigenvalue weighted by Crippen LogP contribution is 2.35. The number of halogens is 1. The summed E-state index contributed by atoms with van der Waals surface area (Å²) in [4.78, 5) is 38.9. The van der Waals surface area contributed by atoms with Crippen LogP contribution in [0.1, 0.15) is 21.5 Å². The predicted octanol–water partition coefficient (Wildman–Crippen LogP) is 5.31. The number of hydrogen-bond donors (Lipinski definition) is 2. The third-order valence-corrected chi connectivity index (χ3v) is 7.37. The second-order valence-electron chi connectivity index (χ2n) is 9.75. The van der Waals surface area contributed by atoms with Crippen molar-refractivity contribution in [2.45, 2.75) is 13.3 Å². The SMILES string of the molecule is Cc1ccccc1N1CCN(C(=O)c2ccc(Nc3ncc4c(n3)-c3ccc(Cl)cc3NC(=O)C4)cc2)CC1. The molecule has 1 fully saturated rings. The number of nitrogens with one attached hydrogen (secondary N) is 2. The van der Waals surface area contributed by atoms with Crippen molar-refractivity contribution in [1.82, 2.24) is 14.9 Å². The number of anilines is 4. The second kappa shape index (κ2) is 10.4. The van der Waals surface area contributed by atoms with E-state index in [0.717, 1.165) is 29.9 Å². The molecule has 3 heterocycles. The summed E-state index contributed by atoms with van der Waals surface area (Å²) in [6.07, 6.45) is 1.85. The normalized spacial score (nSPS) is 14.7. The number of fused-ring (bicyclic) bond motifs is 3. The summed E-state index contributed by atoms with van der Waals surface area (Å²) in [6, 6.07) is 21.0. The van der Waals surface area contributed by atoms with Gasteiger partial charge in [-0.2, -0.15) is 0 Å². The van der Waals surface area contributed by atoms with Gasteiger partial charge in [-0.15, -0.1) is 0 Å². The topological polar surface area (TPSA) is 90.5 Å². The zero-order chi connectivity index (χ0) is 26.9. The summed E-state index contributed by atoms with van der Waals surface area (Å²) in [7, 11) is 0. The summed E-state index contributed by atoms with van der Waals surface area (Å²) in [5.74, 6) is 0.286. The van der Waals surface area contributed by atoms with Crippen molar-refractivity contribution in [2.75, 3.05) is 41.7 Å². The first-order valence-electron chi connectivity index (χ1n) is 12.9. The Labute approximate surface area is 231 Å². The van der Waals surface area contributed by atoms with Gasteiger partial charge in [-0.25, -0.2) is 9.97 Å². The number of benzene rings is 3. The fraction of sp³-hybridized carbons (Fsp3) is 0.200. The maximum atomic E-state index is 13.2. The van der Waals surface area contributed by atoms with Gasteiger partial charge in [0.05, 0.1) is 17.8 Å². The Bertz CT molecular complexity index is 1560. The molecule has 1 aromatic heterocycles. The van der Waals surface area contributed by atoms with Crippen LogP contribution in [0.25, 0.3) is 11.3 Å². The molecule has 0 saturated carbocycles. The Hall–Kier alpha value is -4.43. The van der Waals surface area contributed by atoms with E-state index in [1.807, 2.05) is 41.3 Å². The van der Waals surface area contributed by atoms with E-state index in [4.69, 9.17) is 16.6 Å². The van der Waals surface area contributed by atoms with Crippen LogP contribution in [0.4, 0.5) is 23.0 Å². The number of hydrogen-bond acceptors (Lipinski definition) is 6. The molecule has 39 heavy (non-hydrogen) atoms. The molecule has 0 spiro atoms. The number of amides is 2. The fourth-order valence-electron chi connectivity index (χ4n) is 5.10. The van der Waals surface area contributed by atoms with Crippen LogP contribution in [-0.2, 0) is 11.2 Å². The maximum absolute atomic E-state index is 13.2. The molecule has 2 aliphatic heterocycles. The number of nitrogens with zero attached hydrogens (tertiary/aromatic N) is 4. The van der Waals surface area contributed by atoms with Crippen LogP contribution >= 0.6 is 11.6 Å². The van der Waals surface area contributed by atoms with Crippen molar-refractivity contribution in [1.29, 1.82) is 0 Å². The van der Waals surface area contributed by atoms with Gasteiger partial charge in [-0.05, 0) is 61.0 Å². The first-order chi connectivity index (χ1) is 18.9. The molecular formula is C30H27ClN6O2. The molecule has 9 heteroatoms. The molecule has 2 amide bonds. The number of aromatic nitrogens is 2. The summed E-state index contributed by atoms with van der Waals surface area (Å²) in [5.41, 5.74) is 6.70. The fourth-order valence-corrected chi connectivity index (χ4v) is 5.27. The Balaban J connectivity index is 1.14. The Morgan fingerprint density at radius 2 is 1.77 bits per heavy atom. The Morgan fingerprint density at radius 3 is 2.54 bits per heavy atom. The smallest absolute Gasteiger partial charge is 0.253 e. The number of aryl methyl sites for hydroxylation is 1. The highest BCUT2D eigenvalue weighted by Gasteiger charge is 2.24. The standard InChI is InChI=1S/C30H27ClN6O2/c1-19-4-2-3-5-26(19)36-12-14-37(15-13-36)29(39)20-6-9-23(10-7-20)33-30-32-18-21-16-27(38)34-25-17-22(31)8-11-24(25)28(21)35-30/h2-11,17-18H,12-16H2,1H3,(H,34,38)(H,32,33,35). The molecule has 0 bridgehead atoms. The Morgan fingerprint density at radius 1 is 1.00 bits per heavy atom. The molecule has 0 unspecified atom stereocenters. The molecule has 196 valence electrons. The largest absolute Gasteiger partial charge is 0.368 e. The minimum absolute atomic E-state index is 0.0275. The average Bonchev–Trinajstić information content (AvgIpc) is 3.08. The summed E-state index contributed by atoms with van der Waals surface area (Å²) in [5, 5.41) is 6.64. The molecule has 4 aromatic rings. The van der Waals surface area contributed by atoms with Crippen LogP contribution in [0.2, 0.25) is 5.02 Å². The van der Waals surface area contributed by atoms with Crippen LogP contribution in [0.5, 0.6) is 0 Å². The molecule has 0 atom stereocenters. The van der Waals surface area contributed by atoms with E-state index in [1.165, 1.54) is 11.3 Å². The van der Waals surface area contributed by atoms with E-state index in [-0.39, 0.29) is 18.2 Å². The van der Waals surface area contributed by atoms with Crippen molar-refractivity contribution in [3.05, 3.63) is 94.6 Å². The molecule has 2 aliphatic rings. The lowest BCUT2D eigenvalue weighted by molar-refractivity contribution is -0.115. The molecule has 1 saturated heterocycles. The lowest BCUT2D eigenvalue weighted by Gasteiger charge is -2.36. The number of rotatable bonds is 4. The van der Waals surface area contributed by atoms with Crippen molar-refractivity contribution in [3.8, 4) is 11.3 Å². The third-order valence-electron chi connectivity index (χ3n) is 7.14. The van der Waals surface area contributed by atoms with Crippen LogP contribution in [0.3, 0.4) is 0 Å². The van der Waals surface area contributed by atoms with Gasteiger partial charge in [0, 0.05) is 65.5 Å². The van der Waals surface area contributed by atoms with Gasteiger partial charge in [0.2, 0.25) is 11.9 Å². The molecule has 3 aromatic carbocycles. The van der Waals surface area contributed by atoms with E-state index in [1.54, 1.807) is 18.3 Å². The lowest BCUT2D eigenvalue weighted by Crippen LogP contribution is -2.49. The highest BCUT2D eigenvalue weighted by atomic mass is 35.5. The van der Waals surface area contributed by atoms with Crippen LogP contribution < -0.4 is 15.5 Å². The minimum atomic E-state index is -0.140. The summed E-state index contributed by atoms with van der Waals surface area (Å²) >= 11 is 6.14. The zero-order valence-electron chi connectivity index (χ0n) is 21.4. The van der Waals surface area contributed by atoms with Gasteiger partial charge in [-0.3, -0.25) is 9.59 Å². The van der Waals surface area contributed by atoms with E-state index in [0.29, 0.717) is 41.0 Å². The number of piperazine rings is 1. The lowest BCUT2D eigenvalue weighted by atomic mass is 10.1. The first kappa shape index (κ1) is 24.9. The van der Waals surface area contributed by atoms with Crippen LogP contribution in [-0.4, -0.2) is 52.9 Å². The van der Waals surface area contributed by atoms with Crippen molar-refractivity contribution in [3.63, 3.8) is 0 Å². The molecule has 6 rings (SSSR count). The molecular weight excluding hydrogens is 512 g/mol. The summed E-state index contributed by atoms with van der Waals surface area (Å²) in [6.45, 7) is 5.09. The third kappa shape index (κ3) is 5.15. The highest BCUT2D eigenvalue weighted by molar-refractivity contribution is 6.31. The number of para-hydroxylation sites is 1. The van der Waals surface area contributed by atoms with Gasteiger partial charge >= 0.3 is 0 Å². The monoisotopic (exact) mass is 538 g/mol. The maximum Gasteiger partial charge on any atom is 0.253 e. The molecule has 0 aliphatic carbocycles. The van der Waals surface area contributed by atoms with Crippen LogP contribution in [0.15, 0.2) is 72.9 Å². The molecule has 0 radical (unpaired) electrons. The van der Waals surface area contributed by atoms with Gasteiger partial charge in [0.25, 0.3) is 5.91 Å². The predicted molar refractivity (Wildman–Crippen MR) is 154 cm³/mol. The number of carbonyl (C=O) groups excluding carboxylic acids is 2. The van der Waals surface area contributed by atoms with Gasteiger partial charge < -0.3 is 20.4 Å². The molecule has 8 nitrogen and oxygen atoms in total. The zero-order valence-corrected chi connectivity index (χ0v) is 22.2. The van der Waals surface area contributed by atoms with Crippen LogP contribution in [0, 0.1) is 6.92 Å². The Kier molecular flexibility index (Phi) is 6.62. The van der Waals surface area contributed by atoms with E-state index < -0.39 is 0 Å². The quantitative estimate of drug-likeness (QED) is 0.366. The summed E-state index contributed by atoms with van der Waals surface area (Å²) < 4.78 is 0. The van der Waals surface area contributed by atoms with Crippen molar-refractivity contribution < 1.29 is 9.59 Å². The second-order valence-corrected chi connectivity index (χ2v) is 10.2. The van der Waals surface area contributed by atoms with Crippen molar-refractivity contribution in [2.24, 2.45) is 0 Å². The van der Waals surface area contributed by atoms with Gasteiger partial charge in [0.1, 0.15) is 0 Å². The van der Waals surface area contributed by atoms with E-state index in [2.05, 4.69) is 45.6 Å².